The number of hydrogen-bond donors (Lipinski definition) is 2. The van der Waals surface area contributed by atoms with Crippen molar-refractivity contribution in [3.05, 3.63) is 85.1 Å². The highest BCUT2D eigenvalue weighted by molar-refractivity contribution is 14.1. The summed E-state index contributed by atoms with van der Waals surface area (Å²) in [4.78, 5) is 30.1. The molecule has 0 aliphatic carbocycles. The molecule has 1 heterocycles. The van der Waals surface area contributed by atoms with E-state index in [1.54, 1.807) is 19.2 Å². The molecule has 0 atom stereocenters. The second kappa shape index (κ2) is 10.8. The molecule has 0 aliphatic rings. The fraction of sp³-hybridized carbons (Fsp3) is 0.286. The molecule has 3 aromatic rings. The van der Waals surface area contributed by atoms with Crippen LogP contribution >= 0.6 is 34.2 Å². The standard InChI is InChI=1S/C21H23ClIN5O3/c1-31-17-5-2-14(3-6-17)12-27-19(25-9-8-24)26-20(29)28(21(27)30)13-15-4-7-18(22)16(10-15)11-23/h2-7,10H,8-9,11-13,24H2,1H3,(H,25,26,29). The van der Waals surface area contributed by atoms with Crippen LogP contribution in [0.3, 0.4) is 0 Å². The van der Waals surface area contributed by atoms with Gasteiger partial charge in [-0.25, -0.2) is 14.2 Å². The van der Waals surface area contributed by atoms with Crippen LogP contribution in [0.15, 0.2) is 52.1 Å². The predicted octanol–water partition coefficient (Wildman–Crippen LogP) is 2.47. The van der Waals surface area contributed by atoms with Gasteiger partial charge in [-0.05, 0) is 34.9 Å². The van der Waals surface area contributed by atoms with E-state index in [0.717, 1.165) is 31.4 Å². The Balaban J connectivity index is 2.02. The molecule has 2 aromatic carbocycles. The highest BCUT2D eigenvalue weighted by Gasteiger charge is 2.14. The van der Waals surface area contributed by atoms with Crippen LogP contribution in [0.25, 0.3) is 0 Å². The number of aromatic nitrogens is 3. The van der Waals surface area contributed by atoms with E-state index in [1.165, 1.54) is 4.57 Å². The second-order valence-electron chi connectivity index (χ2n) is 6.80. The van der Waals surface area contributed by atoms with Crippen LogP contribution in [-0.4, -0.2) is 34.3 Å². The van der Waals surface area contributed by atoms with Gasteiger partial charge in [0, 0.05) is 22.5 Å². The number of alkyl halides is 1. The zero-order valence-corrected chi connectivity index (χ0v) is 19.9. The van der Waals surface area contributed by atoms with Crippen molar-refractivity contribution in [3.63, 3.8) is 0 Å². The first-order valence-corrected chi connectivity index (χ1v) is 11.5. The summed E-state index contributed by atoms with van der Waals surface area (Å²) in [6, 6.07) is 12.8. The fourth-order valence-electron chi connectivity index (χ4n) is 3.05. The third kappa shape index (κ3) is 5.66. The summed E-state index contributed by atoms with van der Waals surface area (Å²) < 4.78 is 8.47. The Morgan fingerprint density at radius 3 is 2.42 bits per heavy atom. The van der Waals surface area contributed by atoms with E-state index in [0.29, 0.717) is 18.1 Å². The molecular weight excluding hydrogens is 533 g/mol. The minimum Gasteiger partial charge on any atom is -0.497 e. The minimum absolute atomic E-state index is 0.102. The molecule has 1 aromatic heterocycles. The van der Waals surface area contributed by atoms with Crippen molar-refractivity contribution in [3.8, 4) is 5.75 Å². The van der Waals surface area contributed by atoms with Crippen molar-refractivity contribution in [2.45, 2.75) is 17.5 Å². The molecule has 3 N–H and O–H groups in total. The van der Waals surface area contributed by atoms with Gasteiger partial charge in [0.25, 0.3) is 0 Å². The minimum atomic E-state index is -0.624. The molecule has 3 rings (SSSR count). The number of nitrogens with one attached hydrogen (secondary N) is 1. The van der Waals surface area contributed by atoms with Crippen molar-refractivity contribution in [2.75, 3.05) is 25.5 Å². The Morgan fingerprint density at radius 1 is 1.10 bits per heavy atom. The number of halogens is 2. The van der Waals surface area contributed by atoms with Crippen LogP contribution in [-0.2, 0) is 17.5 Å². The molecule has 0 saturated carbocycles. The molecule has 10 heteroatoms. The van der Waals surface area contributed by atoms with Crippen molar-refractivity contribution in [1.29, 1.82) is 0 Å². The van der Waals surface area contributed by atoms with Crippen LogP contribution in [0, 0.1) is 0 Å². The van der Waals surface area contributed by atoms with Crippen LogP contribution in [0.2, 0.25) is 5.02 Å². The molecule has 8 nitrogen and oxygen atoms in total. The molecular formula is C21H23ClIN5O3. The van der Waals surface area contributed by atoms with Gasteiger partial charge >= 0.3 is 11.4 Å². The maximum absolute atomic E-state index is 13.3. The smallest absolute Gasteiger partial charge is 0.355 e. The average molecular weight is 556 g/mol. The lowest BCUT2D eigenvalue weighted by Crippen LogP contribution is -2.43. The van der Waals surface area contributed by atoms with E-state index in [1.807, 2.05) is 30.3 Å². The third-order valence-electron chi connectivity index (χ3n) is 4.67. The number of methoxy groups -OCH3 is 1. The lowest BCUT2D eigenvalue weighted by atomic mass is 10.1. The Kier molecular flexibility index (Phi) is 8.10. The van der Waals surface area contributed by atoms with Gasteiger partial charge in [-0.15, -0.1) is 0 Å². The van der Waals surface area contributed by atoms with Gasteiger partial charge in [0.15, 0.2) is 0 Å². The Bertz CT molecular complexity index is 1160. The molecule has 0 fully saturated rings. The van der Waals surface area contributed by atoms with Gasteiger partial charge in [-0.2, -0.15) is 4.98 Å². The molecule has 0 amide bonds. The lowest BCUT2D eigenvalue weighted by molar-refractivity contribution is 0.414. The quantitative estimate of drug-likeness (QED) is 0.311. The molecule has 0 unspecified atom stereocenters. The van der Waals surface area contributed by atoms with E-state index >= 15 is 0 Å². The summed E-state index contributed by atoms with van der Waals surface area (Å²) in [7, 11) is 1.59. The maximum Gasteiger partial charge on any atom is 0.355 e. The van der Waals surface area contributed by atoms with Crippen molar-refractivity contribution in [2.24, 2.45) is 5.73 Å². The van der Waals surface area contributed by atoms with Crippen molar-refractivity contribution >= 4 is 40.1 Å². The summed E-state index contributed by atoms with van der Waals surface area (Å²) >= 11 is 8.41. The number of ether oxygens (including phenoxy) is 1. The van der Waals surface area contributed by atoms with Gasteiger partial charge in [-0.3, -0.25) is 4.57 Å². The van der Waals surface area contributed by atoms with E-state index in [-0.39, 0.29) is 19.0 Å². The monoisotopic (exact) mass is 555 g/mol. The van der Waals surface area contributed by atoms with Crippen molar-refractivity contribution < 1.29 is 4.74 Å². The third-order valence-corrected chi connectivity index (χ3v) is 5.86. The largest absolute Gasteiger partial charge is 0.497 e. The topological polar surface area (TPSA) is 104 Å². The molecule has 0 spiro atoms. The number of nitrogens with two attached hydrogens (primary N) is 1. The van der Waals surface area contributed by atoms with E-state index < -0.39 is 11.4 Å². The van der Waals surface area contributed by atoms with Crippen LogP contribution in [0.4, 0.5) is 5.95 Å². The Morgan fingerprint density at radius 2 is 1.77 bits per heavy atom. The van der Waals surface area contributed by atoms with Gasteiger partial charge in [0.05, 0.1) is 20.2 Å². The summed E-state index contributed by atoms with van der Waals surface area (Å²) in [5.41, 5.74) is 7.10. The van der Waals surface area contributed by atoms with E-state index in [4.69, 9.17) is 22.1 Å². The lowest BCUT2D eigenvalue weighted by Gasteiger charge is -2.16. The van der Waals surface area contributed by atoms with Gasteiger partial charge in [0.1, 0.15) is 5.75 Å². The first-order valence-electron chi connectivity index (χ1n) is 9.58. The van der Waals surface area contributed by atoms with Gasteiger partial charge in [0.2, 0.25) is 5.95 Å². The summed E-state index contributed by atoms with van der Waals surface area (Å²) in [5, 5.41) is 3.63. The molecule has 164 valence electrons. The summed E-state index contributed by atoms with van der Waals surface area (Å²) in [5.74, 6) is 0.908. The number of benzene rings is 2. The zero-order valence-electron chi connectivity index (χ0n) is 17.0. The van der Waals surface area contributed by atoms with Crippen LogP contribution in [0.1, 0.15) is 16.7 Å². The summed E-state index contributed by atoms with van der Waals surface area (Å²) in [6.45, 7) is 1.06. The average Bonchev–Trinajstić information content (AvgIpc) is 2.78. The SMILES string of the molecule is COc1ccc(Cn2c(NCCN)nc(=O)n(Cc3ccc(Cl)c(CI)c3)c2=O)cc1. The number of hydrogen-bond acceptors (Lipinski definition) is 6. The van der Waals surface area contributed by atoms with Crippen LogP contribution in [0.5, 0.6) is 5.75 Å². The predicted molar refractivity (Wildman–Crippen MR) is 131 cm³/mol. The molecule has 31 heavy (non-hydrogen) atoms. The summed E-state index contributed by atoms with van der Waals surface area (Å²) in [6.07, 6.45) is 0. The molecule has 0 aliphatic heterocycles. The second-order valence-corrected chi connectivity index (χ2v) is 7.97. The highest BCUT2D eigenvalue weighted by Crippen LogP contribution is 2.20. The first-order chi connectivity index (χ1) is 15.0. The highest BCUT2D eigenvalue weighted by atomic mass is 127. The zero-order chi connectivity index (χ0) is 22.4. The van der Waals surface area contributed by atoms with Crippen molar-refractivity contribution in [1.82, 2.24) is 14.1 Å². The Hall–Kier alpha value is -2.37. The number of nitrogens with zero attached hydrogens (tertiary/aromatic N) is 3. The molecule has 0 bridgehead atoms. The van der Waals surface area contributed by atoms with Crippen LogP contribution < -0.4 is 27.2 Å². The van der Waals surface area contributed by atoms with E-state index in [2.05, 4.69) is 32.9 Å². The van der Waals surface area contributed by atoms with E-state index in [9.17, 15) is 9.59 Å². The van der Waals surface area contributed by atoms with Gasteiger partial charge < -0.3 is 15.8 Å². The first kappa shape index (κ1) is 23.3. The Labute approximate surface area is 198 Å². The fourth-order valence-corrected chi connectivity index (χ4v) is 4.09. The molecule has 0 saturated heterocycles. The number of rotatable bonds is 9. The number of anilines is 1. The molecule has 0 radical (unpaired) electrons. The maximum atomic E-state index is 13.3. The van der Waals surface area contributed by atoms with Gasteiger partial charge in [-0.1, -0.05) is 58.5 Å². The normalized spacial score (nSPS) is 10.8.